The van der Waals surface area contributed by atoms with E-state index in [1.807, 2.05) is 18.7 Å². The van der Waals surface area contributed by atoms with Crippen molar-refractivity contribution in [3.63, 3.8) is 0 Å². The van der Waals surface area contributed by atoms with Gasteiger partial charge >= 0.3 is 0 Å². The Hall–Kier alpha value is -1.56. The van der Waals surface area contributed by atoms with Crippen molar-refractivity contribution in [1.29, 1.82) is 0 Å². The van der Waals surface area contributed by atoms with E-state index in [2.05, 4.69) is 4.99 Å². The fourth-order valence-electron chi connectivity index (χ4n) is 2.77. The van der Waals surface area contributed by atoms with Crippen molar-refractivity contribution >= 4 is 11.7 Å². The fraction of sp³-hybridized carbons (Fsp3) is 0.714. The molecular formula is C14H22N2O4. The molecule has 0 amide bonds. The number of Topliss-reactive ketones (excluding diaryl/α,β-unsaturated/α-hetero) is 1. The number of methoxy groups -OCH3 is 3. The molecule has 1 unspecified atom stereocenters. The Bertz CT molecular complexity index is 470. The number of carbonyl (C=O) groups is 1. The third kappa shape index (κ3) is 1.90. The average Bonchev–Trinajstić information content (AvgIpc) is 2.43. The summed E-state index contributed by atoms with van der Waals surface area (Å²) in [6, 6.07) is 0. The van der Waals surface area contributed by atoms with Gasteiger partial charge in [-0.15, -0.1) is 0 Å². The lowest BCUT2D eigenvalue weighted by Gasteiger charge is -2.53. The van der Waals surface area contributed by atoms with Crippen LogP contribution in [0, 0.1) is 5.92 Å². The van der Waals surface area contributed by atoms with Crippen LogP contribution < -0.4 is 0 Å². The van der Waals surface area contributed by atoms with Crippen molar-refractivity contribution in [2.75, 3.05) is 34.5 Å². The Labute approximate surface area is 119 Å². The molecular weight excluding hydrogens is 260 g/mol. The zero-order valence-electron chi connectivity index (χ0n) is 12.7. The van der Waals surface area contributed by atoms with Gasteiger partial charge in [0.05, 0.1) is 20.8 Å². The zero-order valence-corrected chi connectivity index (χ0v) is 12.7. The second kappa shape index (κ2) is 5.44. The Morgan fingerprint density at radius 1 is 1.30 bits per heavy atom. The van der Waals surface area contributed by atoms with E-state index in [0.29, 0.717) is 31.4 Å². The first kappa shape index (κ1) is 14.8. The third-order valence-corrected chi connectivity index (χ3v) is 3.87. The molecule has 6 nitrogen and oxygen atoms in total. The quantitative estimate of drug-likeness (QED) is 0.757. The molecule has 2 heterocycles. The summed E-state index contributed by atoms with van der Waals surface area (Å²) in [7, 11) is 4.77. The highest BCUT2D eigenvalue weighted by molar-refractivity contribution is 6.16. The maximum Gasteiger partial charge on any atom is 0.223 e. The van der Waals surface area contributed by atoms with Crippen LogP contribution in [-0.2, 0) is 19.0 Å². The van der Waals surface area contributed by atoms with Crippen LogP contribution in [0.5, 0.6) is 0 Å². The largest absolute Gasteiger partial charge is 0.482 e. The molecule has 0 aromatic rings. The van der Waals surface area contributed by atoms with E-state index in [1.165, 1.54) is 0 Å². The maximum atomic E-state index is 12.3. The molecule has 112 valence electrons. The summed E-state index contributed by atoms with van der Waals surface area (Å²) in [5, 5.41) is 0. The zero-order chi connectivity index (χ0) is 14.9. The Balaban J connectivity index is 2.47. The van der Waals surface area contributed by atoms with Crippen LogP contribution >= 0.6 is 0 Å². The van der Waals surface area contributed by atoms with Crippen LogP contribution in [0.25, 0.3) is 0 Å². The number of nitrogens with zero attached hydrogens (tertiary/aromatic N) is 2. The minimum atomic E-state index is -0.853. The summed E-state index contributed by atoms with van der Waals surface area (Å²) in [5.74, 6) is 1.38. The van der Waals surface area contributed by atoms with Crippen molar-refractivity contribution < 1.29 is 19.0 Å². The van der Waals surface area contributed by atoms with Gasteiger partial charge in [0.2, 0.25) is 11.8 Å². The number of ketones is 1. The van der Waals surface area contributed by atoms with Crippen LogP contribution in [-0.4, -0.2) is 56.6 Å². The smallest absolute Gasteiger partial charge is 0.223 e. The summed E-state index contributed by atoms with van der Waals surface area (Å²) >= 11 is 0. The molecule has 2 aliphatic heterocycles. The summed E-state index contributed by atoms with van der Waals surface area (Å²) in [6.45, 7) is 4.86. The molecule has 1 atom stereocenters. The van der Waals surface area contributed by atoms with Crippen LogP contribution in [0.3, 0.4) is 0 Å². The van der Waals surface area contributed by atoms with Crippen LogP contribution in [0.2, 0.25) is 0 Å². The molecule has 1 fully saturated rings. The molecule has 0 radical (unpaired) electrons. The Kier molecular flexibility index (Phi) is 4.04. The molecule has 0 spiro atoms. The second-order valence-corrected chi connectivity index (χ2v) is 5.28. The number of fused-ring (bicyclic) bond motifs is 1. The first-order chi connectivity index (χ1) is 9.52. The van der Waals surface area contributed by atoms with Gasteiger partial charge in [-0.05, 0) is 0 Å². The van der Waals surface area contributed by atoms with Crippen LogP contribution in [0.15, 0.2) is 16.6 Å². The number of carbonyl (C=O) groups excluding carboxylic acids is 1. The SMILES string of the molecule is COCCC12C(=O)CN1C(OC)=C(C(C)C)N=C2OC. The summed E-state index contributed by atoms with van der Waals surface area (Å²) in [4.78, 5) is 18.7. The highest BCUT2D eigenvalue weighted by Crippen LogP contribution is 2.42. The summed E-state index contributed by atoms with van der Waals surface area (Å²) in [6.07, 6.45) is 0.507. The van der Waals surface area contributed by atoms with Gasteiger partial charge < -0.3 is 19.1 Å². The molecule has 2 rings (SSSR count). The molecule has 20 heavy (non-hydrogen) atoms. The standard InChI is InChI=1S/C14H22N2O4/c1-9(2)11-12(19-4)16-8-10(17)14(16,6-7-18-3)13(15-11)20-5/h9H,6-8H2,1-5H3. The molecule has 0 aromatic carbocycles. The van der Waals surface area contributed by atoms with Crippen LogP contribution in [0.4, 0.5) is 0 Å². The number of rotatable bonds is 5. The number of ether oxygens (including phenoxy) is 3. The van der Waals surface area contributed by atoms with Crippen molar-refractivity contribution in [3.8, 4) is 0 Å². The van der Waals surface area contributed by atoms with Gasteiger partial charge in [-0.2, -0.15) is 0 Å². The third-order valence-electron chi connectivity index (χ3n) is 3.87. The van der Waals surface area contributed by atoms with Gasteiger partial charge in [0, 0.05) is 26.1 Å². The van der Waals surface area contributed by atoms with Gasteiger partial charge in [-0.3, -0.25) is 4.79 Å². The van der Waals surface area contributed by atoms with E-state index in [0.717, 1.165) is 5.70 Å². The van der Waals surface area contributed by atoms with E-state index >= 15 is 0 Å². The lowest BCUT2D eigenvalue weighted by atomic mass is 9.78. The van der Waals surface area contributed by atoms with Crippen LogP contribution in [0.1, 0.15) is 20.3 Å². The predicted octanol–water partition coefficient (Wildman–Crippen LogP) is 1.18. The Morgan fingerprint density at radius 3 is 2.45 bits per heavy atom. The molecule has 0 N–H and O–H groups in total. The Morgan fingerprint density at radius 2 is 2.00 bits per heavy atom. The fourth-order valence-corrected chi connectivity index (χ4v) is 2.77. The minimum Gasteiger partial charge on any atom is -0.482 e. The molecule has 0 bridgehead atoms. The molecule has 0 aromatic heterocycles. The number of aliphatic imine (C=N–C) groups is 1. The van der Waals surface area contributed by atoms with Crippen molar-refractivity contribution in [2.45, 2.75) is 25.8 Å². The normalized spacial score (nSPS) is 25.4. The molecule has 6 heteroatoms. The van der Waals surface area contributed by atoms with E-state index in [4.69, 9.17) is 14.2 Å². The van der Waals surface area contributed by atoms with E-state index in [-0.39, 0.29) is 11.7 Å². The molecule has 1 saturated heterocycles. The summed E-state index contributed by atoms with van der Waals surface area (Å²) in [5.41, 5.74) is -0.0426. The maximum absolute atomic E-state index is 12.3. The van der Waals surface area contributed by atoms with Crippen molar-refractivity contribution in [3.05, 3.63) is 11.6 Å². The molecule has 2 aliphatic rings. The van der Waals surface area contributed by atoms with E-state index in [9.17, 15) is 4.79 Å². The van der Waals surface area contributed by atoms with Gasteiger partial charge in [0.25, 0.3) is 0 Å². The lowest BCUT2D eigenvalue weighted by molar-refractivity contribution is -0.145. The topological polar surface area (TPSA) is 60.4 Å². The predicted molar refractivity (Wildman–Crippen MR) is 74.3 cm³/mol. The van der Waals surface area contributed by atoms with Gasteiger partial charge in [0.15, 0.2) is 11.3 Å². The highest BCUT2D eigenvalue weighted by Gasteiger charge is 2.61. The second-order valence-electron chi connectivity index (χ2n) is 5.28. The van der Waals surface area contributed by atoms with E-state index in [1.54, 1.807) is 21.3 Å². The number of hydrogen-bond acceptors (Lipinski definition) is 6. The first-order valence-corrected chi connectivity index (χ1v) is 6.74. The summed E-state index contributed by atoms with van der Waals surface area (Å²) < 4.78 is 16.0. The van der Waals surface area contributed by atoms with Gasteiger partial charge in [0.1, 0.15) is 5.70 Å². The number of hydrogen-bond donors (Lipinski definition) is 0. The van der Waals surface area contributed by atoms with Crippen molar-refractivity contribution in [1.82, 2.24) is 4.90 Å². The molecule has 0 saturated carbocycles. The average molecular weight is 282 g/mol. The minimum absolute atomic E-state index is 0.0903. The van der Waals surface area contributed by atoms with Crippen molar-refractivity contribution in [2.24, 2.45) is 10.9 Å². The van der Waals surface area contributed by atoms with Gasteiger partial charge in [-0.25, -0.2) is 4.99 Å². The first-order valence-electron chi connectivity index (χ1n) is 6.74. The molecule has 0 aliphatic carbocycles. The highest BCUT2D eigenvalue weighted by atomic mass is 16.5. The lowest BCUT2D eigenvalue weighted by Crippen LogP contribution is -2.73. The number of allylic oxidation sites excluding steroid dienone is 1. The monoisotopic (exact) mass is 282 g/mol. The van der Waals surface area contributed by atoms with E-state index < -0.39 is 5.54 Å². The van der Waals surface area contributed by atoms with Gasteiger partial charge in [-0.1, -0.05) is 13.8 Å².